The summed E-state index contributed by atoms with van der Waals surface area (Å²) in [6, 6.07) is -3.12. The van der Waals surface area contributed by atoms with Crippen LogP contribution in [0.4, 0.5) is 22.0 Å². The molecule has 0 aromatic carbocycles. The number of nitrogens with two attached hydrogens (primary N) is 1. The highest BCUT2D eigenvalue weighted by Crippen LogP contribution is 2.34. The van der Waals surface area contributed by atoms with Crippen molar-refractivity contribution in [3.8, 4) is 0 Å². The first kappa shape index (κ1) is 27.4. The molecule has 0 fully saturated rings. The molecule has 16 heteroatoms. The summed E-state index contributed by atoms with van der Waals surface area (Å²) in [4.78, 5) is 44.9. The Balaban J connectivity index is 5.25. The first-order chi connectivity index (χ1) is 13.8. The van der Waals surface area contributed by atoms with Crippen molar-refractivity contribution in [3.05, 3.63) is 10.9 Å². The largest absolute Gasteiger partial charge is 0.480 e. The minimum absolute atomic E-state index is 0.247. The van der Waals surface area contributed by atoms with Crippen LogP contribution in [0.25, 0.3) is 0 Å². The molecule has 0 rings (SSSR count). The third-order valence-electron chi connectivity index (χ3n) is 3.08. The summed E-state index contributed by atoms with van der Waals surface area (Å²) < 4.78 is 67.3. The molecule has 2 amide bonds. The Kier molecular flexibility index (Phi) is 11.7. The van der Waals surface area contributed by atoms with Gasteiger partial charge in [-0.2, -0.15) is 17.6 Å². The zero-order chi connectivity index (χ0) is 23.5. The lowest BCUT2D eigenvalue weighted by molar-refractivity contribution is -0.140. The van der Waals surface area contributed by atoms with E-state index >= 15 is 0 Å². The van der Waals surface area contributed by atoms with E-state index in [0.29, 0.717) is 0 Å². The normalized spacial score (nSPS) is 14.2. The van der Waals surface area contributed by atoms with E-state index in [1.807, 2.05) is 10.6 Å². The number of carbonyl (C=O) groups excluding carboxylic acids is 2. The summed E-state index contributed by atoms with van der Waals surface area (Å²) in [5, 5.41) is 19.0. The number of carboxylic acid groups (broad SMARTS) is 2. The standard InChI is InChI=1S/C14H18F5N3O7S/c15-5-29-10(14(17,18)19)11(16)30-4-7(12(26)21-3-9(24)25)22-8(23)2-1-6(20)13(27)28/h6-7H,1-5,20H2,(H,21,26)(H,22,23)(H,24,25)(H,27,28)/b11-10-/t6-,7-/m0/s1. The second-order valence-electron chi connectivity index (χ2n) is 5.38. The first-order valence-electron chi connectivity index (χ1n) is 7.85. The third kappa shape index (κ3) is 10.8. The molecule has 172 valence electrons. The lowest BCUT2D eigenvalue weighted by atomic mass is 10.1. The molecule has 0 heterocycles. The van der Waals surface area contributed by atoms with E-state index in [9.17, 15) is 41.1 Å². The molecule has 0 saturated carbocycles. The summed E-state index contributed by atoms with van der Waals surface area (Å²) in [6.45, 7) is -2.89. The fourth-order valence-electron chi connectivity index (χ4n) is 1.67. The van der Waals surface area contributed by atoms with Crippen LogP contribution in [0.2, 0.25) is 0 Å². The average molecular weight is 467 g/mol. The summed E-state index contributed by atoms with van der Waals surface area (Å²) >= 11 is -0.247. The van der Waals surface area contributed by atoms with Crippen molar-refractivity contribution in [1.82, 2.24) is 10.6 Å². The van der Waals surface area contributed by atoms with E-state index in [1.54, 1.807) is 0 Å². The maximum Gasteiger partial charge on any atom is 0.452 e. The van der Waals surface area contributed by atoms with Crippen molar-refractivity contribution < 1.29 is 56.1 Å². The zero-order valence-corrected chi connectivity index (χ0v) is 15.8. The van der Waals surface area contributed by atoms with Gasteiger partial charge in [0.05, 0.1) is 0 Å². The van der Waals surface area contributed by atoms with E-state index in [-0.39, 0.29) is 18.2 Å². The van der Waals surface area contributed by atoms with Gasteiger partial charge in [0.1, 0.15) is 18.6 Å². The second-order valence-corrected chi connectivity index (χ2v) is 6.36. The summed E-state index contributed by atoms with van der Waals surface area (Å²) in [5.41, 5.74) is 5.20. The maximum atomic E-state index is 13.8. The molecule has 10 nitrogen and oxygen atoms in total. The van der Waals surface area contributed by atoms with Crippen LogP contribution in [0, 0.1) is 0 Å². The molecular weight excluding hydrogens is 449 g/mol. The number of allylic oxidation sites excluding steroid dienone is 1. The summed E-state index contributed by atoms with van der Waals surface area (Å²) in [7, 11) is 0. The third-order valence-corrected chi connectivity index (χ3v) is 4.02. The van der Waals surface area contributed by atoms with Gasteiger partial charge >= 0.3 is 18.1 Å². The Morgan fingerprint density at radius 1 is 1.17 bits per heavy atom. The van der Waals surface area contributed by atoms with Crippen molar-refractivity contribution in [3.63, 3.8) is 0 Å². The van der Waals surface area contributed by atoms with Crippen molar-refractivity contribution >= 4 is 35.5 Å². The van der Waals surface area contributed by atoms with Crippen LogP contribution in [0.15, 0.2) is 10.9 Å². The Morgan fingerprint density at radius 2 is 1.77 bits per heavy atom. The molecule has 0 aliphatic rings. The second kappa shape index (κ2) is 12.8. The minimum atomic E-state index is -5.37. The van der Waals surface area contributed by atoms with E-state index in [1.165, 1.54) is 0 Å². The molecule has 0 radical (unpaired) electrons. The number of hydrogen-bond donors (Lipinski definition) is 5. The fraction of sp³-hybridized carbons (Fsp3) is 0.571. The molecule has 0 bridgehead atoms. The number of alkyl halides is 4. The topological polar surface area (TPSA) is 168 Å². The molecule has 6 N–H and O–H groups in total. The molecule has 0 aliphatic heterocycles. The Hall–Kier alpha value is -2.62. The molecular formula is C14H18F5N3O7S. The van der Waals surface area contributed by atoms with Crippen LogP contribution in [0.1, 0.15) is 12.8 Å². The molecule has 0 unspecified atom stereocenters. The number of carbonyl (C=O) groups is 4. The van der Waals surface area contributed by atoms with Crippen LogP contribution in [0.3, 0.4) is 0 Å². The Morgan fingerprint density at radius 3 is 2.23 bits per heavy atom. The number of aliphatic carboxylic acids is 2. The number of thioether (sulfide) groups is 1. The highest BCUT2D eigenvalue weighted by molar-refractivity contribution is 8.02. The van der Waals surface area contributed by atoms with Crippen molar-refractivity contribution in [2.45, 2.75) is 31.1 Å². The molecule has 0 spiro atoms. The number of ether oxygens (including phenoxy) is 1. The highest BCUT2D eigenvalue weighted by Gasteiger charge is 2.40. The van der Waals surface area contributed by atoms with E-state index in [4.69, 9.17) is 15.9 Å². The quantitative estimate of drug-likeness (QED) is 0.188. The van der Waals surface area contributed by atoms with Gasteiger partial charge in [-0.15, -0.1) is 0 Å². The fourth-order valence-corrected chi connectivity index (χ4v) is 2.53. The van der Waals surface area contributed by atoms with Crippen molar-refractivity contribution in [1.29, 1.82) is 0 Å². The van der Waals surface area contributed by atoms with Crippen LogP contribution in [-0.2, 0) is 23.9 Å². The molecule has 0 saturated heterocycles. The van der Waals surface area contributed by atoms with Gasteiger partial charge in [0, 0.05) is 12.2 Å². The van der Waals surface area contributed by atoms with Gasteiger partial charge in [-0.1, -0.05) is 11.8 Å². The van der Waals surface area contributed by atoms with Gasteiger partial charge in [0.25, 0.3) is 0 Å². The number of rotatable bonds is 13. The number of hydrogen-bond acceptors (Lipinski definition) is 7. The van der Waals surface area contributed by atoms with Gasteiger partial charge in [-0.25, -0.2) is 4.39 Å². The predicted molar refractivity (Wildman–Crippen MR) is 91.1 cm³/mol. The summed E-state index contributed by atoms with van der Waals surface area (Å²) in [6.07, 6.45) is -6.23. The van der Waals surface area contributed by atoms with Gasteiger partial charge in [0.2, 0.25) is 29.6 Å². The van der Waals surface area contributed by atoms with Gasteiger partial charge in [-0.3, -0.25) is 19.2 Å². The molecule has 0 aromatic rings. The van der Waals surface area contributed by atoms with E-state index in [0.717, 1.165) is 0 Å². The number of nitrogens with one attached hydrogen (secondary N) is 2. The maximum absolute atomic E-state index is 13.8. The van der Waals surface area contributed by atoms with Crippen LogP contribution >= 0.6 is 11.8 Å². The van der Waals surface area contributed by atoms with Gasteiger partial charge in [-0.05, 0) is 6.42 Å². The SMILES string of the molecule is N[C@@H](CCC(=O)N[C@@H](CS/C(F)=C(\OCF)C(F)(F)F)C(=O)NCC(=O)O)C(=O)O. The average Bonchev–Trinajstić information content (AvgIpc) is 2.63. The van der Waals surface area contributed by atoms with Crippen LogP contribution in [-0.4, -0.2) is 71.4 Å². The Labute approximate surface area is 170 Å². The Bertz CT molecular complexity index is 675. The first-order valence-corrected chi connectivity index (χ1v) is 8.83. The number of carboxylic acids is 2. The number of halogens is 5. The van der Waals surface area contributed by atoms with Crippen LogP contribution < -0.4 is 16.4 Å². The van der Waals surface area contributed by atoms with Crippen LogP contribution in [0.5, 0.6) is 0 Å². The molecule has 2 atom stereocenters. The van der Waals surface area contributed by atoms with E-state index < -0.39 is 78.5 Å². The number of amides is 2. The monoisotopic (exact) mass is 467 g/mol. The smallest absolute Gasteiger partial charge is 0.452 e. The van der Waals surface area contributed by atoms with Gasteiger partial charge in [0.15, 0.2) is 0 Å². The van der Waals surface area contributed by atoms with Crippen molar-refractivity contribution in [2.75, 3.05) is 19.2 Å². The zero-order valence-electron chi connectivity index (χ0n) is 15.0. The lowest BCUT2D eigenvalue weighted by Gasteiger charge is -2.18. The van der Waals surface area contributed by atoms with Crippen molar-refractivity contribution in [2.24, 2.45) is 5.73 Å². The molecule has 0 aromatic heterocycles. The highest BCUT2D eigenvalue weighted by atomic mass is 32.2. The van der Waals surface area contributed by atoms with E-state index in [2.05, 4.69) is 4.74 Å². The lowest BCUT2D eigenvalue weighted by Crippen LogP contribution is -2.49. The minimum Gasteiger partial charge on any atom is -0.480 e. The summed E-state index contributed by atoms with van der Waals surface area (Å²) in [5.74, 6) is -8.15. The molecule has 30 heavy (non-hydrogen) atoms. The molecule has 0 aliphatic carbocycles. The predicted octanol–water partition coefficient (Wildman–Crippen LogP) is 0.242. The van der Waals surface area contributed by atoms with Gasteiger partial charge < -0.3 is 31.3 Å².